The van der Waals surface area contributed by atoms with Gasteiger partial charge in [0, 0.05) is 81.0 Å². The summed E-state index contributed by atoms with van der Waals surface area (Å²) in [5.74, 6) is -2.09. The minimum atomic E-state index is -1.02. The summed E-state index contributed by atoms with van der Waals surface area (Å²) < 4.78 is 19.2. The molecule has 18 heteroatoms. The van der Waals surface area contributed by atoms with E-state index in [9.17, 15) is 33.2 Å². The van der Waals surface area contributed by atoms with Gasteiger partial charge in [-0.05, 0) is 55.7 Å². The SMILES string of the molecule is COc1cc2ncnc(Nc3ccc(F)c(Cl)c3)c2cc1NC(=O)/C=C/CN1CCN(C(=O)CCCCCCNc2cccc3c2C(=O)N(C2CCC(=O)NC2=O)C3=O)CC1. The molecule has 7 rings (SSSR count). The van der Waals surface area contributed by atoms with Gasteiger partial charge in [0.15, 0.2) is 0 Å². The van der Waals surface area contributed by atoms with Crippen LogP contribution in [0.2, 0.25) is 5.02 Å². The number of anilines is 4. The maximum Gasteiger partial charge on any atom is 0.264 e. The van der Waals surface area contributed by atoms with Crippen molar-refractivity contribution in [3.8, 4) is 5.75 Å². The number of nitrogens with one attached hydrogen (secondary N) is 4. The Morgan fingerprint density at radius 1 is 0.967 bits per heavy atom. The van der Waals surface area contributed by atoms with Crippen LogP contribution in [0.4, 0.5) is 27.3 Å². The van der Waals surface area contributed by atoms with E-state index in [1.54, 1.807) is 36.4 Å². The van der Waals surface area contributed by atoms with Gasteiger partial charge in [0.2, 0.25) is 23.6 Å². The van der Waals surface area contributed by atoms with Gasteiger partial charge in [-0.25, -0.2) is 14.4 Å². The number of unbranched alkanes of at least 4 members (excludes halogenated alkanes) is 3. The number of carbonyl (C=O) groups is 6. The Balaban J connectivity index is 0.802. The molecule has 3 aromatic carbocycles. The van der Waals surface area contributed by atoms with Gasteiger partial charge in [-0.15, -0.1) is 0 Å². The number of rotatable bonds is 16. The van der Waals surface area contributed by atoms with Crippen LogP contribution in [0.3, 0.4) is 0 Å². The van der Waals surface area contributed by atoms with Crippen LogP contribution in [0.5, 0.6) is 5.75 Å². The van der Waals surface area contributed by atoms with E-state index in [4.69, 9.17) is 16.3 Å². The molecule has 4 N–H and O–H groups in total. The van der Waals surface area contributed by atoms with Crippen LogP contribution >= 0.6 is 11.6 Å². The summed E-state index contributed by atoms with van der Waals surface area (Å²) in [5, 5.41) is 12.0. The maximum atomic E-state index is 13.7. The van der Waals surface area contributed by atoms with Crippen LogP contribution in [0, 0.1) is 5.82 Å². The number of hydrogen-bond donors (Lipinski definition) is 4. The lowest BCUT2D eigenvalue weighted by Crippen LogP contribution is -2.54. The molecule has 6 amide bonds. The molecule has 61 heavy (non-hydrogen) atoms. The summed E-state index contributed by atoms with van der Waals surface area (Å²) in [7, 11) is 1.50. The molecule has 1 aromatic heterocycles. The van der Waals surface area contributed by atoms with Crippen molar-refractivity contribution in [1.82, 2.24) is 30.0 Å². The lowest BCUT2D eigenvalue weighted by molar-refractivity contribution is -0.136. The molecular weight excluding hydrogens is 809 g/mol. The van der Waals surface area contributed by atoms with Gasteiger partial charge in [-0.1, -0.05) is 36.6 Å². The zero-order valence-corrected chi connectivity index (χ0v) is 34.2. The third-order valence-electron chi connectivity index (χ3n) is 10.9. The highest BCUT2D eigenvalue weighted by atomic mass is 35.5. The van der Waals surface area contributed by atoms with Crippen molar-refractivity contribution < 1.29 is 37.9 Å². The number of methoxy groups -OCH3 is 1. The van der Waals surface area contributed by atoms with E-state index < -0.39 is 35.5 Å². The Hall–Kier alpha value is -6.46. The van der Waals surface area contributed by atoms with Gasteiger partial charge in [-0.3, -0.25) is 43.9 Å². The van der Waals surface area contributed by atoms with Crippen molar-refractivity contribution in [2.24, 2.45) is 0 Å². The van der Waals surface area contributed by atoms with Gasteiger partial charge < -0.3 is 25.6 Å². The van der Waals surface area contributed by atoms with E-state index in [1.807, 2.05) is 4.90 Å². The molecule has 0 spiro atoms. The first-order chi connectivity index (χ1) is 29.5. The standard InChI is InChI=1S/C43H45ClFN9O7/c1-61-35-24-32-28(40(48-25-47-32)49-26-12-13-30(45)29(44)22-26)23-33(35)50-36(55)10-7-17-52-18-20-53(21-19-52)38(57)11-4-2-3-5-16-46-31-9-6-8-27-39(31)43(60)54(42(27)59)34-14-15-37(56)51-41(34)58/h6-10,12-13,22-25,34,46H,2-5,11,14-21H2,1H3,(H,50,55)(H,47,48,49)(H,51,56,58)/b10-7+. The smallest absolute Gasteiger partial charge is 0.264 e. The van der Waals surface area contributed by atoms with E-state index in [0.717, 1.165) is 30.6 Å². The number of imide groups is 2. The maximum absolute atomic E-state index is 13.7. The Kier molecular flexibility index (Phi) is 13.5. The summed E-state index contributed by atoms with van der Waals surface area (Å²) in [5.41, 5.74) is 2.50. The van der Waals surface area contributed by atoms with Crippen molar-refractivity contribution in [2.45, 2.75) is 51.0 Å². The number of carbonyl (C=O) groups excluding carboxylic acids is 6. The van der Waals surface area contributed by atoms with Crippen LogP contribution in [0.1, 0.15) is 65.7 Å². The number of ether oxygens (including phenoxy) is 1. The fourth-order valence-corrected chi connectivity index (χ4v) is 7.80. The van der Waals surface area contributed by atoms with E-state index in [0.29, 0.717) is 85.2 Å². The molecular formula is C43H45ClFN9O7. The second-order valence-corrected chi connectivity index (χ2v) is 15.3. The zero-order valence-electron chi connectivity index (χ0n) is 33.5. The number of aromatic nitrogens is 2. The predicted molar refractivity (Wildman–Crippen MR) is 226 cm³/mol. The molecule has 0 bridgehead atoms. The molecule has 16 nitrogen and oxygen atoms in total. The number of amides is 6. The first-order valence-electron chi connectivity index (χ1n) is 20.1. The molecule has 2 fully saturated rings. The lowest BCUT2D eigenvalue weighted by Gasteiger charge is -2.34. The average Bonchev–Trinajstić information content (AvgIpc) is 3.50. The summed E-state index contributed by atoms with van der Waals surface area (Å²) in [6.07, 6.45) is 8.50. The lowest BCUT2D eigenvalue weighted by atomic mass is 10.0. The minimum absolute atomic E-state index is 0.0355. The van der Waals surface area contributed by atoms with Crippen LogP contribution < -0.4 is 26.0 Å². The summed E-state index contributed by atoms with van der Waals surface area (Å²) in [6.45, 7) is 3.66. The van der Waals surface area contributed by atoms with Crippen molar-refractivity contribution in [3.63, 3.8) is 0 Å². The van der Waals surface area contributed by atoms with E-state index in [2.05, 4.69) is 36.1 Å². The average molecular weight is 854 g/mol. The number of piperidine rings is 1. The second kappa shape index (κ2) is 19.3. The first kappa shape index (κ1) is 42.7. The highest BCUT2D eigenvalue weighted by Crippen LogP contribution is 2.35. The number of halogens is 2. The third-order valence-corrected chi connectivity index (χ3v) is 11.1. The largest absolute Gasteiger partial charge is 0.494 e. The monoisotopic (exact) mass is 853 g/mol. The Morgan fingerprint density at radius 3 is 2.54 bits per heavy atom. The summed E-state index contributed by atoms with van der Waals surface area (Å²) in [6, 6.07) is 11.6. The number of piperazine rings is 1. The van der Waals surface area contributed by atoms with Crippen LogP contribution in [-0.2, 0) is 19.2 Å². The molecule has 4 heterocycles. The predicted octanol–water partition coefficient (Wildman–Crippen LogP) is 5.28. The molecule has 2 saturated heterocycles. The van der Waals surface area contributed by atoms with E-state index in [1.165, 1.54) is 37.7 Å². The fraction of sp³-hybridized carbons (Fsp3) is 0.349. The summed E-state index contributed by atoms with van der Waals surface area (Å²) >= 11 is 5.95. The Labute approximate surface area is 355 Å². The summed E-state index contributed by atoms with van der Waals surface area (Å²) in [4.78, 5) is 89.9. The minimum Gasteiger partial charge on any atom is -0.494 e. The number of hydrogen-bond acceptors (Lipinski definition) is 12. The Bertz CT molecular complexity index is 2410. The molecule has 0 aliphatic carbocycles. The van der Waals surface area contributed by atoms with Crippen LogP contribution in [-0.4, -0.2) is 113 Å². The molecule has 4 aromatic rings. The highest BCUT2D eigenvalue weighted by molar-refractivity contribution is 6.31. The topological polar surface area (TPSA) is 195 Å². The molecule has 0 radical (unpaired) electrons. The second-order valence-electron chi connectivity index (χ2n) is 14.9. The molecule has 0 saturated carbocycles. The Morgan fingerprint density at radius 2 is 1.77 bits per heavy atom. The van der Waals surface area contributed by atoms with E-state index >= 15 is 0 Å². The molecule has 318 valence electrons. The van der Waals surface area contributed by atoms with Crippen molar-refractivity contribution >= 4 is 80.8 Å². The molecule has 3 aliphatic heterocycles. The number of benzene rings is 3. The molecule has 1 unspecified atom stereocenters. The quantitative estimate of drug-likeness (QED) is 0.0649. The van der Waals surface area contributed by atoms with Crippen molar-refractivity contribution in [1.29, 1.82) is 0 Å². The van der Waals surface area contributed by atoms with Crippen molar-refractivity contribution in [2.75, 3.05) is 62.3 Å². The van der Waals surface area contributed by atoms with Crippen molar-refractivity contribution in [3.05, 3.63) is 89.0 Å². The van der Waals surface area contributed by atoms with Crippen LogP contribution in [0.25, 0.3) is 10.9 Å². The molecule has 1 atom stereocenters. The third kappa shape index (κ3) is 9.95. The fourth-order valence-electron chi connectivity index (χ4n) is 7.62. The van der Waals surface area contributed by atoms with E-state index in [-0.39, 0.29) is 40.8 Å². The van der Waals surface area contributed by atoms with Gasteiger partial charge in [0.1, 0.15) is 29.8 Å². The van der Waals surface area contributed by atoms with Gasteiger partial charge in [0.05, 0.1) is 34.5 Å². The number of nitrogens with zero attached hydrogens (tertiary/aromatic N) is 5. The van der Waals surface area contributed by atoms with Gasteiger partial charge in [-0.2, -0.15) is 0 Å². The van der Waals surface area contributed by atoms with Gasteiger partial charge >= 0.3 is 0 Å². The number of fused-ring (bicyclic) bond motifs is 2. The highest BCUT2D eigenvalue weighted by Gasteiger charge is 2.45. The van der Waals surface area contributed by atoms with Gasteiger partial charge in [0.25, 0.3) is 11.8 Å². The normalized spacial score (nSPS) is 16.9. The molecule has 3 aliphatic rings. The first-order valence-corrected chi connectivity index (χ1v) is 20.5. The van der Waals surface area contributed by atoms with Crippen LogP contribution in [0.15, 0.2) is 67.0 Å². The zero-order chi connectivity index (χ0) is 43.0.